The summed E-state index contributed by atoms with van der Waals surface area (Å²) in [4.78, 5) is 21.8. The van der Waals surface area contributed by atoms with Gasteiger partial charge in [-0.1, -0.05) is 73.5 Å². The van der Waals surface area contributed by atoms with E-state index in [0.29, 0.717) is 28.8 Å². The number of likely N-dealkylation sites (tertiary alicyclic amines) is 1. The molecule has 1 aliphatic carbocycles. The first kappa shape index (κ1) is 26.0. The first-order valence-electron chi connectivity index (χ1n) is 13.3. The fourth-order valence-electron chi connectivity index (χ4n) is 6.04. The normalized spacial score (nSPS) is 24.6. The fourth-order valence-corrected chi connectivity index (χ4v) is 6.37. The molecule has 0 radical (unpaired) electrons. The quantitative estimate of drug-likeness (QED) is 0.271. The number of amides is 1. The lowest BCUT2D eigenvalue weighted by Gasteiger charge is -2.52. The van der Waals surface area contributed by atoms with Crippen molar-refractivity contribution < 1.29 is 4.79 Å². The number of benzene rings is 2. The van der Waals surface area contributed by atoms with E-state index in [2.05, 4.69) is 61.7 Å². The topological polar surface area (TPSA) is 33.2 Å². The molecule has 2 heterocycles. The van der Waals surface area contributed by atoms with E-state index < -0.39 is 5.41 Å². The molecule has 5 heteroatoms. The van der Waals surface area contributed by atoms with Gasteiger partial charge in [0.25, 0.3) is 0 Å². The summed E-state index contributed by atoms with van der Waals surface area (Å²) >= 11 is 12.8. The number of piperidine rings is 1. The molecule has 4 atom stereocenters. The van der Waals surface area contributed by atoms with Gasteiger partial charge < -0.3 is 4.90 Å². The minimum absolute atomic E-state index is 0.0446. The molecule has 2 aliphatic rings. The van der Waals surface area contributed by atoms with E-state index in [0.717, 1.165) is 28.9 Å². The smallest absolute Gasteiger partial charge is 0.229 e. The van der Waals surface area contributed by atoms with E-state index in [-0.39, 0.29) is 23.9 Å². The van der Waals surface area contributed by atoms with Gasteiger partial charge in [-0.2, -0.15) is 0 Å². The van der Waals surface area contributed by atoms with Gasteiger partial charge >= 0.3 is 0 Å². The molecule has 1 unspecified atom stereocenters. The SMILES string of the molecule is C=CC[C@@]1(C)CC(c2cccc(Cl)c2)[C@@H](c2ccc(Cl)cc2)N([C@@H](CC)c2cccc(C3CC3)n2)C1=O. The van der Waals surface area contributed by atoms with Crippen LogP contribution in [0.1, 0.15) is 92.4 Å². The Morgan fingerprint density at radius 1 is 1.05 bits per heavy atom. The molecule has 3 nitrogen and oxygen atoms in total. The number of carbonyl (C=O) groups is 1. The van der Waals surface area contributed by atoms with Crippen LogP contribution in [0.5, 0.6) is 0 Å². The minimum atomic E-state index is -0.584. The Labute approximate surface area is 230 Å². The van der Waals surface area contributed by atoms with Crippen molar-refractivity contribution in [2.75, 3.05) is 0 Å². The zero-order chi connectivity index (χ0) is 26.2. The fraction of sp³-hybridized carbons (Fsp3) is 0.375. The van der Waals surface area contributed by atoms with Gasteiger partial charge in [-0.25, -0.2) is 0 Å². The van der Waals surface area contributed by atoms with Crippen molar-refractivity contribution in [1.29, 1.82) is 0 Å². The van der Waals surface area contributed by atoms with Gasteiger partial charge in [0.1, 0.15) is 0 Å². The summed E-state index contributed by atoms with van der Waals surface area (Å²) in [6.45, 7) is 8.23. The molecule has 3 aromatic rings. The van der Waals surface area contributed by atoms with E-state index in [1.54, 1.807) is 0 Å². The number of rotatable bonds is 8. The average molecular weight is 534 g/mol. The van der Waals surface area contributed by atoms with Crippen LogP contribution in [0.15, 0.2) is 79.4 Å². The lowest BCUT2D eigenvalue weighted by molar-refractivity contribution is -0.155. The van der Waals surface area contributed by atoms with Crippen LogP contribution in [0.2, 0.25) is 10.0 Å². The summed E-state index contributed by atoms with van der Waals surface area (Å²) < 4.78 is 0. The molecule has 2 fully saturated rings. The molecule has 1 saturated carbocycles. The van der Waals surface area contributed by atoms with Gasteiger partial charge in [0.2, 0.25) is 5.91 Å². The number of allylic oxidation sites excluding steroid dienone is 1. The van der Waals surface area contributed by atoms with Crippen LogP contribution in [0.25, 0.3) is 0 Å². The van der Waals surface area contributed by atoms with Gasteiger partial charge in [0.15, 0.2) is 0 Å². The number of carbonyl (C=O) groups excluding carboxylic acids is 1. The summed E-state index contributed by atoms with van der Waals surface area (Å²) in [5.41, 5.74) is 3.73. The molecule has 37 heavy (non-hydrogen) atoms. The molecule has 2 aromatic carbocycles. The van der Waals surface area contributed by atoms with E-state index in [9.17, 15) is 4.79 Å². The van der Waals surface area contributed by atoms with E-state index in [1.807, 2.05) is 36.4 Å². The average Bonchev–Trinajstić information content (AvgIpc) is 3.74. The van der Waals surface area contributed by atoms with Crippen LogP contribution >= 0.6 is 23.2 Å². The van der Waals surface area contributed by atoms with Gasteiger partial charge in [0, 0.05) is 27.6 Å². The predicted octanol–water partition coefficient (Wildman–Crippen LogP) is 9.06. The van der Waals surface area contributed by atoms with Gasteiger partial charge in [0.05, 0.1) is 23.2 Å². The van der Waals surface area contributed by atoms with E-state index >= 15 is 0 Å². The van der Waals surface area contributed by atoms with Crippen molar-refractivity contribution in [1.82, 2.24) is 9.88 Å². The highest BCUT2D eigenvalue weighted by Crippen LogP contribution is 2.54. The second-order valence-electron chi connectivity index (χ2n) is 10.8. The summed E-state index contributed by atoms with van der Waals surface area (Å²) in [5.74, 6) is 0.742. The number of pyridine rings is 1. The molecule has 5 rings (SSSR count). The largest absolute Gasteiger partial charge is 0.326 e. The Bertz CT molecular complexity index is 1290. The first-order valence-corrected chi connectivity index (χ1v) is 14.0. The number of hydrogen-bond donors (Lipinski definition) is 0. The van der Waals surface area contributed by atoms with E-state index in [1.165, 1.54) is 12.8 Å². The first-order chi connectivity index (χ1) is 17.8. The molecule has 192 valence electrons. The summed E-state index contributed by atoms with van der Waals surface area (Å²) in [5, 5.41) is 1.38. The number of hydrogen-bond acceptors (Lipinski definition) is 2. The van der Waals surface area contributed by atoms with E-state index in [4.69, 9.17) is 28.2 Å². The third kappa shape index (κ3) is 5.22. The molecule has 1 saturated heterocycles. The number of nitrogens with zero attached hydrogens (tertiary/aromatic N) is 2. The standard InChI is InChI=1S/C32H34Cl2N2O/c1-4-18-32(3)20-26(23-8-6-9-25(34)19-23)30(22-14-16-24(33)17-15-22)36(31(32)37)29(5-2)28-11-7-10-27(35-28)21-12-13-21/h4,6-11,14-17,19,21,26,29-30H,1,5,12-13,18,20H2,2-3H3/t26?,29-,30+,32-/m0/s1. The van der Waals surface area contributed by atoms with Gasteiger partial charge in [-0.15, -0.1) is 6.58 Å². The van der Waals surface area contributed by atoms with Crippen LogP contribution in [0.3, 0.4) is 0 Å². The molecule has 0 bridgehead atoms. The molecule has 1 aliphatic heterocycles. The van der Waals surface area contributed by atoms with Crippen molar-refractivity contribution in [2.24, 2.45) is 5.41 Å². The summed E-state index contributed by atoms with van der Waals surface area (Å²) in [6.07, 6.45) is 6.34. The van der Waals surface area contributed by atoms with Crippen molar-refractivity contribution in [3.63, 3.8) is 0 Å². The van der Waals surface area contributed by atoms with Crippen LogP contribution in [0.4, 0.5) is 0 Å². The lowest BCUT2D eigenvalue weighted by atomic mass is 9.67. The van der Waals surface area contributed by atoms with Crippen molar-refractivity contribution in [3.05, 3.63) is 112 Å². The van der Waals surface area contributed by atoms with Crippen LogP contribution in [0, 0.1) is 5.41 Å². The molecule has 1 amide bonds. The van der Waals surface area contributed by atoms with Crippen LogP contribution in [-0.4, -0.2) is 15.8 Å². The Morgan fingerprint density at radius 3 is 2.43 bits per heavy atom. The second-order valence-corrected chi connectivity index (χ2v) is 11.7. The monoisotopic (exact) mass is 532 g/mol. The maximum absolute atomic E-state index is 14.5. The highest BCUT2D eigenvalue weighted by molar-refractivity contribution is 6.30. The van der Waals surface area contributed by atoms with Gasteiger partial charge in [-0.05, 0) is 79.6 Å². The maximum atomic E-state index is 14.5. The highest BCUT2D eigenvalue weighted by Gasteiger charge is 2.51. The third-order valence-electron chi connectivity index (χ3n) is 8.04. The molecular weight excluding hydrogens is 499 g/mol. The zero-order valence-electron chi connectivity index (χ0n) is 21.5. The van der Waals surface area contributed by atoms with Crippen molar-refractivity contribution in [3.8, 4) is 0 Å². The lowest BCUT2D eigenvalue weighted by Crippen LogP contribution is -2.53. The van der Waals surface area contributed by atoms with Crippen molar-refractivity contribution in [2.45, 2.75) is 69.9 Å². The summed E-state index contributed by atoms with van der Waals surface area (Å²) in [7, 11) is 0. The van der Waals surface area contributed by atoms with Gasteiger partial charge in [-0.3, -0.25) is 9.78 Å². The maximum Gasteiger partial charge on any atom is 0.229 e. The van der Waals surface area contributed by atoms with Crippen molar-refractivity contribution >= 4 is 29.1 Å². The highest BCUT2D eigenvalue weighted by atomic mass is 35.5. The Morgan fingerprint density at radius 2 is 1.78 bits per heavy atom. The third-order valence-corrected chi connectivity index (χ3v) is 8.52. The zero-order valence-corrected chi connectivity index (χ0v) is 23.1. The predicted molar refractivity (Wildman–Crippen MR) is 152 cm³/mol. The van der Waals surface area contributed by atoms with Crippen LogP contribution in [-0.2, 0) is 4.79 Å². The Kier molecular flexibility index (Phi) is 7.47. The summed E-state index contributed by atoms with van der Waals surface area (Å²) in [6, 6.07) is 22.0. The molecular formula is C32H34Cl2N2O. The number of halogens is 2. The Hall–Kier alpha value is -2.62. The molecule has 0 spiro atoms. The molecule has 1 aromatic heterocycles. The van der Waals surface area contributed by atoms with Crippen LogP contribution < -0.4 is 0 Å². The number of aromatic nitrogens is 1. The minimum Gasteiger partial charge on any atom is -0.326 e. The molecule has 0 N–H and O–H groups in total. The second kappa shape index (κ2) is 10.6. The Balaban J connectivity index is 1.69.